The Morgan fingerprint density at radius 3 is 2.77 bits per heavy atom. The van der Waals surface area contributed by atoms with Crippen LogP contribution in [0, 0.1) is 5.82 Å². The third kappa shape index (κ3) is 3.07. The summed E-state index contributed by atoms with van der Waals surface area (Å²) in [4.78, 5) is 0. The molecule has 0 heterocycles. The molecule has 0 saturated heterocycles. The van der Waals surface area contributed by atoms with Gasteiger partial charge in [0.1, 0.15) is 6.61 Å². The zero-order valence-electron chi connectivity index (χ0n) is 7.09. The van der Waals surface area contributed by atoms with E-state index in [1.807, 2.05) is 0 Å². The predicted molar refractivity (Wildman–Crippen MR) is 51.8 cm³/mol. The molecule has 0 amide bonds. The van der Waals surface area contributed by atoms with Crippen molar-refractivity contribution in [3.63, 3.8) is 0 Å². The van der Waals surface area contributed by atoms with Crippen molar-refractivity contribution < 1.29 is 9.13 Å². The molecule has 0 bridgehead atoms. The molecule has 0 spiro atoms. The summed E-state index contributed by atoms with van der Waals surface area (Å²) < 4.78 is 18.1. The van der Waals surface area contributed by atoms with E-state index < -0.39 is 0 Å². The number of halogens is 2. The predicted octanol–water partition coefficient (Wildman–Crippen LogP) is 3.00. The molecule has 0 aliphatic heterocycles. The Hall–Kier alpha value is -1.02. The van der Waals surface area contributed by atoms with Crippen LogP contribution in [0.3, 0.4) is 0 Å². The molecule has 0 fully saturated rings. The Kier molecular flexibility index (Phi) is 3.77. The van der Waals surface area contributed by atoms with Crippen molar-refractivity contribution in [2.24, 2.45) is 0 Å². The minimum atomic E-state index is -0.370. The summed E-state index contributed by atoms with van der Waals surface area (Å²) in [6.07, 6.45) is 0. The molecule has 0 atom stereocenters. The third-order valence-corrected chi connectivity index (χ3v) is 1.84. The first kappa shape index (κ1) is 10.1. The fourth-order valence-corrected chi connectivity index (χ4v) is 0.857. The SMILES string of the molecule is C=C(CCl)COc1ccccc1F. The van der Waals surface area contributed by atoms with E-state index in [0.717, 1.165) is 5.57 Å². The number of alkyl halides is 1. The number of hydrogen-bond donors (Lipinski definition) is 0. The van der Waals surface area contributed by atoms with Crippen LogP contribution >= 0.6 is 11.6 Å². The van der Waals surface area contributed by atoms with Crippen LogP contribution in [0.15, 0.2) is 36.4 Å². The molecule has 1 aromatic carbocycles. The lowest BCUT2D eigenvalue weighted by atomic mass is 10.3. The standard InChI is InChI=1S/C10H10ClFO/c1-8(6-11)7-13-10-5-3-2-4-9(10)12/h2-5H,1,6-7H2. The Balaban J connectivity index is 2.54. The van der Waals surface area contributed by atoms with E-state index in [4.69, 9.17) is 16.3 Å². The fourth-order valence-electron chi connectivity index (χ4n) is 0.780. The van der Waals surface area contributed by atoms with Crippen molar-refractivity contribution >= 4 is 11.6 Å². The Bertz CT molecular complexity index is 299. The fraction of sp³-hybridized carbons (Fsp3) is 0.200. The van der Waals surface area contributed by atoms with E-state index in [-0.39, 0.29) is 18.2 Å². The van der Waals surface area contributed by atoms with Crippen molar-refractivity contribution in [1.29, 1.82) is 0 Å². The normalized spacial score (nSPS) is 9.69. The van der Waals surface area contributed by atoms with Gasteiger partial charge < -0.3 is 4.74 Å². The minimum absolute atomic E-state index is 0.230. The summed E-state index contributed by atoms with van der Waals surface area (Å²) in [5.41, 5.74) is 0.727. The average Bonchev–Trinajstić information content (AvgIpc) is 2.16. The maximum atomic E-state index is 13.0. The highest BCUT2D eigenvalue weighted by Crippen LogP contribution is 2.15. The van der Waals surface area contributed by atoms with E-state index in [1.165, 1.54) is 6.07 Å². The number of rotatable bonds is 4. The number of ether oxygens (including phenoxy) is 1. The average molecular weight is 201 g/mol. The van der Waals surface area contributed by atoms with Crippen molar-refractivity contribution in [2.45, 2.75) is 0 Å². The second-order valence-electron chi connectivity index (χ2n) is 2.60. The van der Waals surface area contributed by atoms with E-state index >= 15 is 0 Å². The summed E-state index contributed by atoms with van der Waals surface area (Å²) in [5.74, 6) is 0.188. The van der Waals surface area contributed by atoms with Crippen molar-refractivity contribution in [3.05, 3.63) is 42.2 Å². The lowest BCUT2D eigenvalue weighted by Crippen LogP contribution is -2.02. The van der Waals surface area contributed by atoms with Gasteiger partial charge in [-0.25, -0.2) is 4.39 Å². The smallest absolute Gasteiger partial charge is 0.165 e. The number of benzene rings is 1. The molecule has 3 heteroatoms. The number of para-hydroxylation sites is 1. The van der Waals surface area contributed by atoms with Crippen LogP contribution < -0.4 is 4.74 Å². The highest BCUT2D eigenvalue weighted by Gasteiger charge is 2.01. The van der Waals surface area contributed by atoms with E-state index in [0.29, 0.717) is 5.88 Å². The molecule has 0 N–H and O–H groups in total. The second kappa shape index (κ2) is 4.87. The molecule has 13 heavy (non-hydrogen) atoms. The molecule has 0 aromatic heterocycles. The highest BCUT2D eigenvalue weighted by molar-refractivity contribution is 6.19. The molecule has 0 aliphatic rings. The van der Waals surface area contributed by atoms with Crippen molar-refractivity contribution in [2.75, 3.05) is 12.5 Å². The van der Waals surface area contributed by atoms with E-state index in [9.17, 15) is 4.39 Å². The third-order valence-electron chi connectivity index (χ3n) is 1.46. The first-order valence-electron chi connectivity index (χ1n) is 3.84. The molecule has 0 unspecified atom stereocenters. The lowest BCUT2D eigenvalue weighted by Gasteiger charge is -2.06. The molecule has 0 aliphatic carbocycles. The van der Waals surface area contributed by atoms with Crippen LogP contribution in [-0.4, -0.2) is 12.5 Å². The van der Waals surface area contributed by atoms with Crippen LogP contribution in [0.1, 0.15) is 0 Å². The molecule has 1 nitrogen and oxygen atoms in total. The first-order valence-corrected chi connectivity index (χ1v) is 4.37. The zero-order valence-corrected chi connectivity index (χ0v) is 7.85. The zero-order chi connectivity index (χ0) is 9.68. The largest absolute Gasteiger partial charge is 0.486 e. The summed E-state index contributed by atoms with van der Waals surface area (Å²) in [6.45, 7) is 3.89. The summed E-state index contributed by atoms with van der Waals surface area (Å²) in [7, 11) is 0. The van der Waals surface area contributed by atoms with Crippen molar-refractivity contribution in [3.8, 4) is 5.75 Å². The van der Waals surface area contributed by atoms with Crippen molar-refractivity contribution in [1.82, 2.24) is 0 Å². The quantitative estimate of drug-likeness (QED) is 0.536. The van der Waals surface area contributed by atoms with Gasteiger partial charge >= 0.3 is 0 Å². The summed E-state index contributed by atoms with van der Waals surface area (Å²) in [5, 5.41) is 0. The molecular weight excluding hydrogens is 191 g/mol. The van der Waals surface area contributed by atoms with E-state index in [1.54, 1.807) is 18.2 Å². The second-order valence-corrected chi connectivity index (χ2v) is 2.87. The van der Waals surface area contributed by atoms with Crippen LogP contribution in [-0.2, 0) is 0 Å². The lowest BCUT2D eigenvalue weighted by molar-refractivity contribution is 0.333. The van der Waals surface area contributed by atoms with Gasteiger partial charge in [0.05, 0.1) is 0 Å². The molecule has 70 valence electrons. The maximum absolute atomic E-state index is 13.0. The van der Waals surface area contributed by atoms with Gasteiger partial charge in [0.2, 0.25) is 0 Å². The maximum Gasteiger partial charge on any atom is 0.165 e. The van der Waals surface area contributed by atoms with Gasteiger partial charge in [-0.05, 0) is 17.7 Å². The van der Waals surface area contributed by atoms with Gasteiger partial charge in [0.25, 0.3) is 0 Å². The van der Waals surface area contributed by atoms with Crippen LogP contribution in [0.2, 0.25) is 0 Å². The molecule has 1 aromatic rings. The first-order chi connectivity index (χ1) is 6.24. The molecular formula is C10H10ClFO. The van der Waals surface area contributed by atoms with Gasteiger partial charge in [-0.3, -0.25) is 0 Å². The van der Waals surface area contributed by atoms with Gasteiger partial charge in [0.15, 0.2) is 11.6 Å². The Morgan fingerprint density at radius 2 is 2.15 bits per heavy atom. The Morgan fingerprint density at radius 1 is 1.46 bits per heavy atom. The topological polar surface area (TPSA) is 9.23 Å². The van der Waals surface area contributed by atoms with Crippen LogP contribution in [0.5, 0.6) is 5.75 Å². The highest BCUT2D eigenvalue weighted by atomic mass is 35.5. The van der Waals surface area contributed by atoms with Crippen LogP contribution in [0.25, 0.3) is 0 Å². The molecule has 0 radical (unpaired) electrons. The van der Waals surface area contributed by atoms with Gasteiger partial charge in [0, 0.05) is 5.88 Å². The molecule has 0 saturated carbocycles. The van der Waals surface area contributed by atoms with Crippen LogP contribution in [0.4, 0.5) is 4.39 Å². The van der Waals surface area contributed by atoms with Gasteiger partial charge in [-0.15, -0.1) is 11.6 Å². The molecule has 1 rings (SSSR count). The Labute approximate surface area is 81.8 Å². The number of hydrogen-bond acceptors (Lipinski definition) is 1. The van der Waals surface area contributed by atoms with Gasteiger partial charge in [-0.1, -0.05) is 18.7 Å². The van der Waals surface area contributed by atoms with Gasteiger partial charge in [-0.2, -0.15) is 0 Å². The summed E-state index contributed by atoms with van der Waals surface area (Å²) in [6, 6.07) is 6.23. The van der Waals surface area contributed by atoms with E-state index in [2.05, 4.69) is 6.58 Å². The minimum Gasteiger partial charge on any atom is -0.486 e. The summed E-state index contributed by atoms with van der Waals surface area (Å²) >= 11 is 5.48. The monoisotopic (exact) mass is 200 g/mol.